The first kappa shape index (κ1) is 7.81. The predicted octanol–water partition coefficient (Wildman–Crippen LogP) is 2.29. The van der Waals surface area contributed by atoms with Gasteiger partial charge >= 0.3 is 0 Å². The van der Waals surface area contributed by atoms with Gasteiger partial charge in [-0.05, 0) is 31.9 Å². The number of hydrogen-bond donors (Lipinski definition) is 1. The van der Waals surface area contributed by atoms with Crippen molar-refractivity contribution in [3.63, 3.8) is 0 Å². The molecule has 1 aliphatic carbocycles. The fraction of sp³-hybridized carbons (Fsp3) is 0.455. The van der Waals surface area contributed by atoms with Gasteiger partial charge in [-0.3, -0.25) is 0 Å². The van der Waals surface area contributed by atoms with Crippen LogP contribution in [0.5, 0.6) is 0 Å². The summed E-state index contributed by atoms with van der Waals surface area (Å²) in [7, 11) is 2.06. The van der Waals surface area contributed by atoms with Crippen LogP contribution in [-0.4, -0.2) is 7.05 Å². The van der Waals surface area contributed by atoms with E-state index in [2.05, 4.69) is 42.7 Å². The van der Waals surface area contributed by atoms with Gasteiger partial charge in [-0.1, -0.05) is 30.3 Å². The van der Waals surface area contributed by atoms with Gasteiger partial charge in [-0.15, -0.1) is 0 Å². The normalized spacial score (nSPS) is 20.1. The topological polar surface area (TPSA) is 12.0 Å². The fourth-order valence-electron chi connectivity index (χ4n) is 1.97. The van der Waals surface area contributed by atoms with Crippen LogP contribution in [0.4, 0.5) is 0 Å². The minimum Gasteiger partial charge on any atom is -0.310 e. The molecule has 0 amide bonds. The number of benzene rings is 1. The molecule has 0 radical (unpaired) electrons. The van der Waals surface area contributed by atoms with Crippen LogP contribution >= 0.6 is 0 Å². The molecule has 0 atom stereocenters. The van der Waals surface area contributed by atoms with Gasteiger partial charge < -0.3 is 5.32 Å². The Kier molecular flexibility index (Phi) is 1.89. The van der Waals surface area contributed by atoms with E-state index < -0.39 is 0 Å². The minimum atomic E-state index is 0.307. The highest BCUT2D eigenvalue weighted by Crippen LogP contribution is 2.40. The smallest absolute Gasteiger partial charge is 0.0432 e. The van der Waals surface area contributed by atoms with Gasteiger partial charge in [0, 0.05) is 5.54 Å². The first-order valence-corrected chi connectivity index (χ1v) is 4.62. The van der Waals surface area contributed by atoms with Crippen molar-refractivity contribution >= 4 is 0 Å². The van der Waals surface area contributed by atoms with E-state index in [0.717, 1.165) is 0 Å². The van der Waals surface area contributed by atoms with Crippen LogP contribution in [0, 0.1) is 0 Å². The van der Waals surface area contributed by atoms with Crippen LogP contribution in [-0.2, 0) is 5.54 Å². The maximum atomic E-state index is 3.43. The summed E-state index contributed by atoms with van der Waals surface area (Å²) in [4.78, 5) is 0. The molecule has 0 unspecified atom stereocenters. The zero-order valence-electron chi connectivity index (χ0n) is 7.51. The molecule has 2 rings (SSSR count). The van der Waals surface area contributed by atoms with Gasteiger partial charge in [0.15, 0.2) is 0 Å². The number of rotatable bonds is 2. The average Bonchev–Trinajstić information content (AvgIpc) is 2.05. The van der Waals surface area contributed by atoms with Gasteiger partial charge in [-0.25, -0.2) is 0 Å². The van der Waals surface area contributed by atoms with Crippen molar-refractivity contribution in [3.8, 4) is 0 Å². The Labute approximate surface area is 73.8 Å². The fourth-order valence-corrected chi connectivity index (χ4v) is 1.97. The van der Waals surface area contributed by atoms with Crippen LogP contribution in [0.2, 0.25) is 0 Å². The Morgan fingerprint density at radius 3 is 2.25 bits per heavy atom. The van der Waals surface area contributed by atoms with Crippen molar-refractivity contribution < 1.29 is 0 Å². The molecule has 1 fully saturated rings. The average molecular weight is 161 g/mol. The number of nitrogens with one attached hydrogen (secondary N) is 1. The van der Waals surface area contributed by atoms with Crippen LogP contribution in [0.15, 0.2) is 30.3 Å². The van der Waals surface area contributed by atoms with E-state index in [0.29, 0.717) is 5.54 Å². The molecule has 0 heterocycles. The third-order valence-corrected chi connectivity index (χ3v) is 3.01. The molecule has 0 aromatic heterocycles. The molecule has 0 saturated heterocycles. The molecule has 1 aromatic rings. The highest BCUT2D eigenvalue weighted by atomic mass is 15.0. The second-order valence-corrected chi connectivity index (χ2v) is 3.55. The van der Waals surface area contributed by atoms with Gasteiger partial charge in [0.1, 0.15) is 0 Å². The van der Waals surface area contributed by atoms with Crippen LogP contribution < -0.4 is 5.32 Å². The molecule has 64 valence electrons. The maximum Gasteiger partial charge on any atom is 0.0432 e. The summed E-state index contributed by atoms with van der Waals surface area (Å²) in [5.74, 6) is 0. The van der Waals surface area contributed by atoms with Gasteiger partial charge in [0.05, 0.1) is 0 Å². The second-order valence-electron chi connectivity index (χ2n) is 3.55. The Morgan fingerprint density at radius 1 is 1.17 bits per heavy atom. The Bertz CT molecular complexity index is 243. The van der Waals surface area contributed by atoms with Crippen molar-refractivity contribution in [3.05, 3.63) is 35.9 Å². The first-order valence-electron chi connectivity index (χ1n) is 4.62. The molecule has 0 bridgehead atoms. The van der Waals surface area contributed by atoms with E-state index in [1.807, 2.05) is 0 Å². The third kappa shape index (κ3) is 1.05. The molecular formula is C11H15N. The molecular weight excluding hydrogens is 146 g/mol. The first-order chi connectivity index (χ1) is 5.87. The molecule has 1 heteroatoms. The lowest BCUT2D eigenvalue weighted by Crippen LogP contribution is -2.45. The van der Waals surface area contributed by atoms with Gasteiger partial charge in [-0.2, -0.15) is 0 Å². The molecule has 1 aliphatic rings. The van der Waals surface area contributed by atoms with E-state index in [4.69, 9.17) is 0 Å². The van der Waals surface area contributed by atoms with Crippen molar-refractivity contribution in [1.29, 1.82) is 0 Å². The summed E-state index contributed by atoms with van der Waals surface area (Å²) in [5, 5.41) is 3.43. The maximum absolute atomic E-state index is 3.43. The zero-order valence-corrected chi connectivity index (χ0v) is 7.51. The Morgan fingerprint density at radius 2 is 1.83 bits per heavy atom. The monoisotopic (exact) mass is 161 g/mol. The molecule has 12 heavy (non-hydrogen) atoms. The van der Waals surface area contributed by atoms with Crippen molar-refractivity contribution in [2.75, 3.05) is 7.05 Å². The molecule has 1 aromatic carbocycles. The van der Waals surface area contributed by atoms with Crippen molar-refractivity contribution in [1.82, 2.24) is 5.32 Å². The molecule has 1 saturated carbocycles. The van der Waals surface area contributed by atoms with E-state index in [1.54, 1.807) is 0 Å². The van der Waals surface area contributed by atoms with Gasteiger partial charge in [0.25, 0.3) is 0 Å². The summed E-state index contributed by atoms with van der Waals surface area (Å²) in [6.07, 6.45) is 3.93. The molecule has 0 aliphatic heterocycles. The number of hydrogen-bond acceptors (Lipinski definition) is 1. The van der Waals surface area contributed by atoms with Crippen LogP contribution in [0.25, 0.3) is 0 Å². The summed E-state index contributed by atoms with van der Waals surface area (Å²) in [6, 6.07) is 10.7. The molecule has 0 spiro atoms. The lowest BCUT2D eigenvalue weighted by atomic mass is 9.72. The van der Waals surface area contributed by atoms with E-state index in [-0.39, 0.29) is 0 Å². The van der Waals surface area contributed by atoms with Gasteiger partial charge in [0.2, 0.25) is 0 Å². The second kappa shape index (κ2) is 2.91. The quantitative estimate of drug-likeness (QED) is 0.701. The lowest BCUT2D eigenvalue weighted by molar-refractivity contribution is 0.201. The summed E-state index contributed by atoms with van der Waals surface area (Å²) in [5.41, 5.74) is 1.75. The summed E-state index contributed by atoms with van der Waals surface area (Å²) < 4.78 is 0. The van der Waals surface area contributed by atoms with E-state index >= 15 is 0 Å². The minimum absolute atomic E-state index is 0.307. The summed E-state index contributed by atoms with van der Waals surface area (Å²) in [6.45, 7) is 0. The summed E-state index contributed by atoms with van der Waals surface area (Å²) >= 11 is 0. The van der Waals surface area contributed by atoms with E-state index in [9.17, 15) is 0 Å². The third-order valence-electron chi connectivity index (χ3n) is 3.01. The molecule has 1 N–H and O–H groups in total. The SMILES string of the molecule is CNC1(c2ccccc2)CCC1. The predicted molar refractivity (Wildman–Crippen MR) is 51.0 cm³/mol. The van der Waals surface area contributed by atoms with E-state index in [1.165, 1.54) is 24.8 Å². The van der Waals surface area contributed by atoms with Crippen molar-refractivity contribution in [2.24, 2.45) is 0 Å². The Hall–Kier alpha value is -0.820. The standard InChI is InChI=1S/C11H15N/c1-12-11(8-5-9-11)10-6-3-2-4-7-10/h2-4,6-7,12H,5,8-9H2,1H3. The zero-order chi connectivity index (χ0) is 8.44. The largest absolute Gasteiger partial charge is 0.310 e. The Balaban J connectivity index is 2.28. The van der Waals surface area contributed by atoms with Crippen LogP contribution in [0.1, 0.15) is 24.8 Å². The lowest BCUT2D eigenvalue weighted by Gasteiger charge is -2.42. The highest BCUT2D eigenvalue weighted by Gasteiger charge is 2.36. The van der Waals surface area contributed by atoms with Crippen LogP contribution in [0.3, 0.4) is 0 Å². The highest BCUT2D eigenvalue weighted by molar-refractivity contribution is 5.26. The van der Waals surface area contributed by atoms with Crippen molar-refractivity contribution in [2.45, 2.75) is 24.8 Å². The molecule has 1 nitrogen and oxygen atoms in total.